The van der Waals surface area contributed by atoms with Gasteiger partial charge in [0, 0.05) is 24.7 Å². The van der Waals surface area contributed by atoms with Crippen LogP contribution in [0.3, 0.4) is 0 Å². The number of hydrogen-bond acceptors (Lipinski definition) is 5. The summed E-state index contributed by atoms with van der Waals surface area (Å²) in [6, 6.07) is 13.1. The van der Waals surface area contributed by atoms with Crippen molar-refractivity contribution < 1.29 is 13.2 Å². The third-order valence-electron chi connectivity index (χ3n) is 4.34. The molecule has 0 radical (unpaired) electrons. The van der Waals surface area contributed by atoms with Crippen LogP contribution in [-0.2, 0) is 10.0 Å². The molecule has 0 aliphatic carbocycles. The SMILES string of the molecule is COc1cc(C#N)ccc1S(=O)(=O)N1CCNCC1c1ccccc1Cl.Cl. The summed E-state index contributed by atoms with van der Waals surface area (Å²) in [5.74, 6) is 0.153. The summed E-state index contributed by atoms with van der Waals surface area (Å²) >= 11 is 6.31. The number of methoxy groups -OCH3 is 1. The van der Waals surface area contributed by atoms with Crippen molar-refractivity contribution in [2.75, 3.05) is 26.7 Å². The second-order valence-electron chi connectivity index (χ2n) is 5.83. The fourth-order valence-corrected chi connectivity index (χ4v) is 5.07. The number of piperazine rings is 1. The normalized spacial score (nSPS) is 17.6. The van der Waals surface area contributed by atoms with Gasteiger partial charge in [-0.1, -0.05) is 29.8 Å². The Hall–Kier alpha value is -1.82. The van der Waals surface area contributed by atoms with Crippen molar-refractivity contribution in [3.8, 4) is 11.8 Å². The lowest BCUT2D eigenvalue weighted by Gasteiger charge is -2.36. The molecule has 1 aliphatic heterocycles. The Morgan fingerprint density at radius 3 is 2.70 bits per heavy atom. The molecule has 1 heterocycles. The highest BCUT2D eigenvalue weighted by molar-refractivity contribution is 7.89. The summed E-state index contributed by atoms with van der Waals surface area (Å²) in [5, 5.41) is 12.8. The molecule has 1 fully saturated rings. The van der Waals surface area contributed by atoms with Gasteiger partial charge in [0.25, 0.3) is 0 Å². The van der Waals surface area contributed by atoms with E-state index in [1.54, 1.807) is 6.07 Å². The predicted octanol–water partition coefficient (Wildman–Crippen LogP) is 2.98. The van der Waals surface area contributed by atoms with Gasteiger partial charge in [-0.2, -0.15) is 9.57 Å². The Balaban J connectivity index is 0.00000261. The van der Waals surface area contributed by atoms with Crippen molar-refractivity contribution in [3.05, 3.63) is 58.6 Å². The van der Waals surface area contributed by atoms with E-state index in [1.165, 1.54) is 29.6 Å². The van der Waals surface area contributed by atoms with E-state index in [1.807, 2.05) is 24.3 Å². The second kappa shape index (κ2) is 8.91. The largest absolute Gasteiger partial charge is 0.495 e. The van der Waals surface area contributed by atoms with Crippen LogP contribution >= 0.6 is 24.0 Å². The molecule has 1 unspecified atom stereocenters. The number of nitrogens with zero attached hydrogens (tertiary/aromatic N) is 2. The van der Waals surface area contributed by atoms with Gasteiger partial charge in [0.2, 0.25) is 10.0 Å². The smallest absolute Gasteiger partial charge is 0.247 e. The number of rotatable bonds is 4. The number of ether oxygens (including phenoxy) is 1. The third-order valence-corrected chi connectivity index (χ3v) is 6.63. The summed E-state index contributed by atoms with van der Waals surface area (Å²) in [7, 11) is -2.46. The lowest BCUT2D eigenvalue weighted by molar-refractivity contribution is 0.270. The number of benzene rings is 2. The minimum Gasteiger partial charge on any atom is -0.495 e. The molecule has 2 aromatic rings. The monoisotopic (exact) mass is 427 g/mol. The maximum Gasteiger partial charge on any atom is 0.247 e. The van der Waals surface area contributed by atoms with E-state index in [0.717, 1.165) is 5.56 Å². The standard InChI is InChI=1S/C18H18ClN3O3S.ClH/c1-25-17-10-13(11-20)6-7-18(17)26(23,24)22-9-8-21-12-16(22)14-4-2-3-5-15(14)19;/h2-7,10,16,21H,8-9,12H2,1H3;1H. The summed E-state index contributed by atoms with van der Waals surface area (Å²) < 4.78 is 33.4. The molecule has 1 atom stereocenters. The molecule has 0 saturated carbocycles. The summed E-state index contributed by atoms with van der Waals surface area (Å²) in [6.45, 7) is 1.31. The van der Waals surface area contributed by atoms with E-state index in [4.69, 9.17) is 21.6 Å². The first-order valence-electron chi connectivity index (χ1n) is 8.04. The van der Waals surface area contributed by atoms with Crippen LogP contribution in [0.1, 0.15) is 17.2 Å². The molecule has 2 aromatic carbocycles. The average molecular weight is 428 g/mol. The van der Waals surface area contributed by atoms with E-state index in [-0.39, 0.29) is 23.1 Å². The fraction of sp³-hybridized carbons (Fsp3) is 0.278. The Labute approximate surface area is 170 Å². The number of nitrogens with one attached hydrogen (secondary N) is 1. The first-order valence-corrected chi connectivity index (χ1v) is 9.86. The van der Waals surface area contributed by atoms with E-state index in [2.05, 4.69) is 5.32 Å². The molecule has 9 heteroatoms. The van der Waals surface area contributed by atoms with Crippen LogP contribution in [0.5, 0.6) is 5.75 Å². The molecule has 27 heavy (non-hydrogen) atoms. The van der Waals surface area contributed by atoms with Crippen LogP contribution < -0.4 is 10.1 Å². The summed E-state index contributed by atoms with van der Waals surface area (Å²) in [6.07, 6.45) is 0. The average Bonchev–Trinajstić information content (AvgIpc) is 2.67. The van der Waals surface area contributed by atoms with Crippen molar-refractivity contribution in [1.29, 1.82) is 5.26 Å². The van der Waals surface area contributed by atoms with Crippen molar-refractivity contribution >= 4 is 34.0 Å². The van der Waals surface area contributed by atoms with Crippen molar-refractivity contribution in [2.24, 2.45) is 0 Å². The van der Waals surface area contributed by atoms with Gasteiger partial charge in [0.05, 0.1) is 24.8 Å². The summed E-state index contributed by atoms with van der Waals surface area (Å²) in [5.41, 5.74) is 1.08. The number of halogens is 2. The molecular weight excluding hydrogens is 409 g/mol. The maximum absolute atomic E-state index is 13.4. The number of nitriles is 1. The van der Waals surface area contributed by atoms with Gasteiger partial charge < -0.3 is 10.1 Å². The van der Waals surface area contributed by atoms with Crippen LogP contribution in [0.15, 0.2) is 47.4 Å². The quantitative estimate of drug-likeness (QED) is 0.810. The molecule has 0 bridgehead atoms. The van der Waals surface area contributed by atoms with Gasteiger partial charge in [-0.15, -0.1) is 12.4 Å². The number of sulfonamides is 1. The highest BCUT2D eigenvalue weighted by Gasteiger charge is 2.36. The minimum atomic E-state index is -3.84. The Morgan fingerprint density at radius 1 is 1.30 bits per heavy atom. The van der Waals surface area contributed by atoms with Crippen molar-refractivity contribution in [1.82, 2.24) is 9.62 Å². The van der Waals surface area contributed by atoms with Gasteiger partial charge in [-0.25, -0.2) is 8.42 Å². The van der Waals surface area contributed by atoms with Crippen LogP contribution in [0.4, 0.5) is 0 Å². The van der Waals surface area contributed by atoms with E-state index in [9.17, 15) is 8.42 Å². The Morgan fingerprint density at radius 2 is 2.04 bits per heavy atom. The second-order valence-corrected chi connectivity index (χ2v) is 8.10. The first-order chi connectivity index (χ1) is 12.5. The molecule has 144 valence electrons. The molecule has 1 saturated heterocycles. The molecule has 0 spiro atoms. The van der Waals surface area contributed by atoms with Crippen molar-refractivity contribution in [2.45, 2.75) is 10.9 Å². The first kappa shape index (κ1) is 21.5. The highest BCUT2D eigenvalue weighted by atomic mass is 35.5. The molecule has 1 aliphatic rings. The Bertz CT molecular complexity index is 961. The Kier molecular flexibility index (Phi) is 7.09. The molecule has 1 N–H and O–H groups in total. The van der Waals surface area contributed by atoms with E-state index in [0.29, 0.717) is 30.2 Å². The molecule has 0 aromatic heterocycles. The van der Waals surface area contributed by atoms with Gasteiger partial charge in [-0.05, 0) is 29.8 Å². The highest BCUT2D eigenvalue weighted by Crippen LogP contribution is 2.35. The maximum atomic E-state index is 13.4. The lowest BCUT2D eigenvalue weighted by Crippen LogP contribution is -2.48. The fourth-order valence-electron chi connectivity index (χ4n) is 3.06. The van der Waals surface area contributed by atoms with E-state index >= 15 is 0 Å². The van der Waals surface area contributed by atoms with Gasteiger partial charge >= 0.3 is 0 Å². The minimum absolute atomic E-state index is 0. The lowest BCUT2D eigenvalue weighted by atomic mass is 10.1. The van der Waals surface area contributed by atoms with Crippen LogP contribution in [0.25, 0.3) is 0 Å². The molecule has 3 rings (SSSR count). The van der Waals surface area contributed by atoms with Crippen LogP contribution in [0.2, 0.25) is 5.02 Å². The molecular formula is C18H19Cl2N3O3S. The van der Waals surface area contributed by atoms with Gasteiger partial charge in [-0.3, -0.25) is 0 Å². The topological polar surface area (TPSA) is 82.4 Å². The zero-order valence-electron chi connectivity index (χ0n) is 14.6. The van der Waals surface area contributed by atoms with Crippen molar-refractivity contribution in [3.63, 3.8) is 0 Å². The number of hydrogen-bond donors (Lipinski definition) is 1. The molecule has 0 amide bonds. The zero-order chi connectivity index (χ0) is 18.7. The van der Waals surface area contributed by atoms with Crippen LogP contribution in [-0.4, -0.2) is 39.5 Å². The summed E-state index contributed by atoms with van der Waals surface area (Å²) in [4.78, 5) is 0.0398. The van der Waals surface area contributed by atoms with Gasteiger partial charge in [0.1, 0.15) is 10.6 Å². The zero-order valence-corrected chi connectivity index (χ0v) is 16.9. The predicted molar refractivity (Wildman–Crippen MR) is 106 cm³/mol. The third kappa shape index (κ3) is 4.21. The molecule has 6 nitrogen and oxygen atoms in total. The van der Waals surface area contributed by atoms with E-state index < -0.39 is 16.1 Å². The van der Waals surface area contributed by atoms with Crippen LogP contribution in [0, 0.1) is 11.3 Å². The van der Waals surface area contributed by atoms with Gasteiger partial charge in [0.15, 0.2) is 0 Å².